The topological polar surface area (TPSA) is 21.3 Å². The Morgan fingerprint density at radius 3 is 2.32 bits per heavy atom. The van der Waals surface area contributed by atoms with E-state index in [4.69, 9.17) is 4.74 Å². The Bertz CT molecular complexity index is 385. The molecule has 106 valence electrons. The van der Waals surface area contributed by atoms with Crippen molar-refractivity contribution < 1.29 is 4.74 Å². The van der Waals surface area contributed by atoms with E-state index in [1.807, 2.05) is 0 Å². The molecule has 1 fully saturated rings. The number of hydrogen-bond donors (Lipinski definition) is 1. The number of ether oxygens (including phenoxy) is 1. The first-order valence-electron chi connectivity index (χ1n) is 7.35. The van der Waals surface area contributed by atoms with Crippen molar-refractivity contribution in [3.05, 3.63) is 29.8 Å². The summed E-state index contributed by atoms with van der Waals surface area (Å²) >= 11 is 0. The Labute approximate surface area is 117 Å². The lowest BCUT2D eigenvalue weighted by Gasteiger charge is -2.37. The van der Waals surface area contributed by atoms with E-state index in [-0.39, 0.29) is 0 Å². The molecule has 19 heavy (non-hydrogen) atoms. The van der Waals surface area contributed by atoms with Gasteiger partial charge in [0.1, 0.15) is 5.75 Å². The third-order valence-electron chi connectivity index (χ3n) is 4.03. The molecule has 0 heterocycles. The van der Waals surface area contributed by atoms with Gasteiger partial charge in [0, 0.05) is 6.04 Å². The van der Waals surface area contributed by atoms with Gasteiger partial charge in [0.25, 0.3) is 0 Å². The van der Waals surface area contributed by atoms with Crippen molar-refractivity contribution in [2.45, 2.75) is 52.0 Å². The molecule has 1 aliphatic rings. The van der Waals surface area contributed by atoms with Crippen molar-refractivity contribution >= 4 is 0 Å². The van der Waals surface area contributed by atoms with E-state index < -0.39 is 0 Å². The Hall–Kier alpha value is -1.02. The fourth-order valence-corrected chi connectivity index (χ4v) is 2.58. The third kappa shape index (κ3) is 4.24. The van der Waals surface area contributed by atoms with Crippen molar-refractivity contribution in [2.24, 2.45) is 5.41 Å². The van der Waals surface area contributed by atoms with Crippen LogP contribution in [0, 0.1) is 5.41 Å². The molecule has 0 radical (unpaired) electrons. The zero-order valence-electron chi connectivity index (χ0n) is 12.7. The van der Waals surface area contributed by atoms with Crippen LogP contribution in [0.5, 0.6) is 5.75 Å². The third-order valence-corrected chi connectivity index (χ3v) is 4.03. The largest absolute Gasteiger partial charge is 0.497 e. The van der Waals surface area contributed by atoms with Gasteiger partial charge in [0.15, 0.2) is 0 Å². The van der Waals surface area contributed by atoms with Gasteiger partial charge in [-0.2, -0.15) is 0 Å². The lowest BCUT2D eigenvalue weighted by atomic mass is 9.75. The van der Waals surface area contributed by atoms with Gasteiger partial charge in [-0.1, -0.05) is 32.9 Å². The Morgan fingerprint density at radius 1 is 1.16 bits per heavy atom. The molecule has 0 unspecified atom stereocenters. The molecule has 0 spiro atoms. The average Bonchev–Trinajstić information content (AvgIpc) is 2.31. The van der Waals surface area contributed by atoms with Crippen molar-refractivity contribution in [3.8, 4) is 5.75 Å². The van der Waals surface area contributed by atoms with Crippen molar-refractivity contribution in [1.29, 1.82) is 0 Å². The zero-order chi connectivity index (χ0) is 13.9. The van der Waals surface area contributed by atoms with Gasteiger partial charge in [0.2, 0.25) is 0 Å². The predicted octanol–water partition coefficient (Wildman–Crippen LogP) is 3.97. The highest BCUT2D eigenvalue weighted by Crippen LogP contribution is 2.37. The number of methoxy groups -OCH3 is 1. The maximum absolute atomic E-state index is 5.19. The molecular weight excluding hydrogens is 234 g/mol. The quantitative estimate of drug-likeness (QED) is 0.866. The summed E-state index contributed by atoms with van der Waals surface area (Å²) in [4.78, 5) is 0. The number of hydrogen-bond acceptors (Lipinski definition) is 2. The Balaban J connectivity index is 1.70. The summed E-state index contributed by atoms with van der Waals surface area (Å²) in [7, 11) is 1.72. The zero-order valence-corrected chi connectivity index (χ0v) is 12.7. The molecule has 2 heteroatoms. The second-order valence-electron chi connectivity index (χ2n) is 6.90. The standard InChI is InChI=1S/C17H27NO/c1-17(2,3)9-10-18-15-11-14(12-15)13-5-7-16(19-4)8-6-13/h5-8,14-15,18H,9-12H2,1-4H3. The predicted molar refractivity (Wildman–Crippen MR) is 80.8 cm³/mol. The lowest BCUT2D eigenvalue weighted by Crippen LogP contribution is -2.41. The van der Waals surface area contributed by atoms with Gasteiger partial charge in [0.05, 0.1) is 7.11 Å². The summed E-state index contributed by atoms with van der Waals surface area (Å²) in [5.41, 5.74) is 1.89. The van der Waals surface area contributed by atoms with E-state index in [1.54, 1.807) is 7.11 Å². The van der Waals surface area contributed by atoms with Crippen LogP contribution in [0.1, 0.15) is 51.5 Å². The van der Waals surface area contributed by atoms with Crippen molar-refractivity contribution in [2.75, 3.05) is 13.7 Å². The smallest absolute Gasteiger partial charge is 0.118 e. The molecule has 0 bridgehead atoms. The highest BCUT2D eigenvalue weighted by Gasteiger charge is 2.29. The summed E-state index contributed by atoms with van der Waals surface area (Å²) in [5, 5.41) is 3.67. The maximum atomic E-state index is 5.19. The van der Waals surface area contributed by atoms with Gasteiger partial charge in [-0.3, -0.25) is 0 Å². The van der Waals surface area contributed by atoms with Crippen LogP contribution in [-0.4, -0.2) is 19.7 Å². The van der Waals surface area contributed by atoms with Gasteiger partial charge >= 0.3 is 0 Å². The SMILES string of the molecule is COc1ccc(C2CC(NCCC(C)(C)C)C2)cc1. The molecule has 0 atom stereocenters. The van der Waals surface area contributed by atoms with Crippen LogP contribution < -0.4 is 10.1 Å². The van der Waals surface area contributed by atoms with E-state index >= 15 is 0 Å². The Kier molecular flexibility index (Phi) is 4.51. The molecule has 1 aromatic rings. The normalized spacial score (nSPS) is 22.9. The van der Waals surface area contributed by atoms with Gasteiger partial charge in [-0.25, -0.2) is 0 Å². The average molecular weight is 261 g/mol. The summed E-state index contributed by atoms with van der Waals surface area (Å²) in [6.45, 7) is 8.05. The molecule has 1 aliphatic carbocycles. The molecule has 0 aromatic heterocycles. The van der Waals surface area contributed by atoms with E-state index in [9.17, 15) is 0 Å². The van der Waals surface area contributed by atoms with E-state index in [1.165, 1.54) is 24.8 Å². The minimum Gasteiger partial charge on any atom is -0.497 e. The first-order chi connectivity index (χ1) is 8.98. The summed E-state index contributed by atoms with van der Waals surface area (Å²) in [6, 6.07) is 9.25. The van der Waals surface area contributed by atoms with Crippen LogP contribution in [0.15, 0.2) is 24.3 Å². The highest BCUT2D eigenvalue weighted by atomic mass is 16.5. The van der Waals surface area contributed by atoms with Crippen LogP contribution in [0.3, 0.4) is 0 Å². The maximum Gasteiger partial charge on any atom is 0.118 e. The molecule has 1 aromatic carbocycles. The molecule has 0 amide bonds. The van der Waals surface area contributed by atoms with Crippen LogP contribution in [0.4, 0.5) is 0 Å². The van der Waals surface area contributed by atoms with Gasteiger partial charge in [-0.15, -0.1) is 0 Å². The summed E-state index contributed by atoms with van der Waals surface area (Å²) < 4.78 is 5.19. The number of rotatable bonds is 5. The minimum atomic E-state index is 0.437. The molecule has 0 saturated heterocycles. The molecular formula is C17H27NO. The minimum absolute atomic E-state index is 0.437. The van der Waals surface area contributed by atoms with Crippen LogP contribution in [-0.2, 0) is 0 Å². The highest BCUT2D eigenvalue weighted by molar-refractivity contribution is 5.30. The van der Waals surface area contributed by atoms with E-state index in [0.29, 0.717) is 5.41 Å². The lowest BCUT2D eigenvalue weighted by molar-refractivity contribution is 0.270. The summed E-state index contributed by atoms with van der Waals surface area (Å²) in [6.07, 6.45) is 3.80. The Morgan fingerprint density at radius 2 is 1.79 bits per heavy atom. The first kappa shape index (κ1) is 14.4. The molecule has 1 N–H and O–H groups in total. The summed E-state index contributed by atoms with van der Waals surface area (Å²) in [5.74, 6) is 1.68. The molecule has 2 nitrogen and oxygen atoms in total. The second kappa shape index (κ2) is 5.96. The molecule has 1 saturated carbocycles. The number of benzene rings is 1. The molecule has 2 rings (SSSR count). The van der Waals surface area contributed by atoms with E-state index in [0.717, 1.165) is 24.3 Å². The van der Waals surface area contributed by atoms with Crippen LogP contribution >= 0.6 is 0 Å². The second-order valence-corrected chi connectivity index (χ2v) is 6.90. The van der Waals surface area contributed by atoms with Crippen molar-refractivity contribution in [1.82, 2.24) is 5.32 Å². The van der Waals surface area contributed by atoms with E-state index in [2.05, 4.69) is 50.4 Å². The van der Waals surface area contributed by atoms with Gasteiger partial charge in [-0.05, 0) is 54.8 Å². The van der Waals surface area contributed by atoms with Crippen molar-refractivity contribution in [3.63, 3.8) is 0 Å². The fraction of sp³-hybridized carbons (Fsp3) is 0.647. The van der Waals surface area contributed by atoms with Gasteiger partial charge < -0.3 is 10.1 Å². The van der Waals surface area contributed by atoms with Crippen LogP contribution in [0.25, 0.3) is 0 Å². The number of nitrogens with one attached hydrogen (secondary N) is 1. The van der Waals surface area contributed by atoms with Crippen LogP contribution in [0.2, 0.25) is 0 Å². The monoisotopic (exact) mass is 261 g/mol. The fourth-order valence-electron chi connectivity index (χ4n) is 2.58. The molecule has 0 aliphatic heterocycles. The first-order valence-corrected chi connectivity index (χ1v) is 7.35.